The maximum absolute atomic E-state index is 12.4. The Kier molecular flexibility index (Phi) is 8.12. The van der Waals surface area contributed by atoms with Crippen LogP contribution in [0.4, 0.5) is 0 Å². The first-order valence-corrected chi connectivity index (χ1v) is 13.0. The molecule has 33 heavy (non-hydrogen) atoms. The minimum Gasteiger partial charge on any atom is -0.372 e. The number of hydrogen-bond acceptors (Lipinski definition) is 13. The lowest BCUT2D eigenvalue weighted by molar-refractivity contribution is -0.324. The van der Waals surface area contributed by atoms with E-state index in [1.54, 1.807) is 30.3 Å². The van der Waals surface area contributed by atoms with Crippen molar-refractivity contribution in [2.24, 2.45) is 0 Å². The maximum atomic E-state index is 12.4. The van der Waals surface area contributed by atoms with Crippen LogP contribution in [0.5, 0.6) is 0 Å². The summed E-state index contributed by atoms with van der Waals surface area (Å²) < 4.78 is 102. The van der Waals surface area contributed by atoms with Crippen LogP contribution >= 0.6 is 0 Å². The van der Waals surface area contributed by atoms with Crippen LogP contribution in [-0.4, -0.2) is 73.1 Å². The zero-order valence-electron chi connectivity index (χ0n) is 17.3. The number of hydrogen-bond donors (Lipinski definition) is 4. The highest BCUT2D eigenvalue weighted by Crippen LogP contribution is 2.45. The molecule has 2 fully saturated rings. The number of rotatable bonds is 10. The minimum atomic E-state index is -4.59. The van der Waals surface area contributed by atoms with Crippen molar-refractivity contribution in [3.8, 4) is 0 Å². The van der Waals surface area contributed by atoms with Gasteiger partial charge in [0.05, 0.1) is 13.2 Å². The number of aliphatic hydroxyl groups excluding tert-OH is 1. The second kappa shape index (κ2) is 10.2. The molecule has 2 heterocycles. The summed E-state index contributed by atoms with van der Waals surface area (Å²) in [5.41, 5.74) is 0.531. The first-order chi connectivity index (χ1) is 15.3. The summed E-state index contributed by atoms with van der Waals surface area (Å²) in [7, 11) is -11.6. The second-order valence-electron chi connectivity index (χ2n) is 7.46. The van der Waals surface area contributed by atoms with E-state index in [0.29, 0.717) is 5.56 Å². The van der Waals surface area contributed by atoms with E-state index < -0.39 is 75.0 Å². The number of fused-ring (bicyclic) bond motifs is 1. The first-order valence-electron chi connectivity index (χ1n) is 9.36. The summed E-state index contributed by atoms with van der Waals surface area (Å²) in [6, 6.07) is 8.32. The highest BCUT2D eigenvalue weighted by molar-refractivity contribution is 7.84. The molecule has 5 atom stereocenters. The molecule has 0 saturated carbocycles. The molecule has 0 aliphatic carbocycles. The minimum absolute atomic E-state index is 0.349. The van der Waals surface area contributed by atoms with Gasteiger partial charge in [0.15, 0.2) is 12.0 Å². The number of nitrogens with one attached hydrogen (secondary N) is 1. The Hall–Kier alpha value is -1.25. The Morgan fingerprint density at radius 1 is 1.15 bits per heavy atom. The predicted molar refractivity (Wildman–Crippen MR) is 108 cm³/mol. The van der Waals surface area contributed by atoms with Crippen molar-refractivity contribution in [2.45, 2.75) is 56.6 Å². The van der Waals surface area contributed by atoms with E-state index in [2.05, 4.69) is 4.18 Å². The van der Waals surface area contributed by atoms with Crippen LogP contribution in [-0.2, 0) is 65.6 Å². The van der Waals surface area contributed by atoms with E-state index in [1.807, 2.05) is 4.72 Å². The average Bonchev–Trinajstić information content (AvgIpc) is 3.00. The standard InChI is InChI=1S/C16H23NO13S3/c1-15(2)27-13-12(29-32(21)22)11(28-31(19)20)9-25-16(13,30-15)14(18)17-33(23,24)26-8-10-6-4-3-5-7-10/h3-7,11-14,17-18,31-32H,8-9H2,1-2H3/t11-,12-,13+,14?,16-/m1/s1. The quantitative estimate of drug-likeness (QED) is 0.192. The second-order valence-corrected chi connectivity index (χ2v) is 10.2. The van der Waals surface area contributed by atoms with E-state index in [0.717, 1.165) is 0 Å². The molecule has 3 rings (SSSR count). The fourth-order valence-electron chi connectivity index (χ4n) is 3.45. The van der Waals surface area contributed by atoms with Crippen LogP contribution in [0.25, 0.3) is 0 Å². The summed E-state index contributed by atoms with van der Waals surface area (Å²) >= 11 is 0. The zero-order chi connectivity index (χ0) is 24.4. The van der Waals surface area contributed by atoms with Gasteiger partial charge in [0.2, 0.25) is 5.79 Å². The van der Waals surface area contributed by atoms with Gasteiger partial charge < -0.3 is 19.3 Å². The van der Waals surface area contributed by atoms with Crippen molar-refractivity contribution < 1.29 is 57.1 Å². The van der Waals surface area contributed by atoms with Crippen LogP contribution in [0.2, 0.25) is 0 Å². The summed E-state index contributed by atoms with van der Waals surface area (Å²) in [5.74, 6) is -3.87. The van der Waals surface area contributed by atoms with Crippen molar-refractivity contribution in [2.75, 3.05) is 6.61 Å². The average molecular weight is 534 g/mol. The van der Waals surface area contributed by atoms with Crippen molar-refractivity contribution in [1.82, 2.24) is 4.72 Å². The summed E-state index contributed by atoms with van der Waals surface area (Å²) in [6.07, 6.45) is -6.99. The third kappa shape index (κ3) is 6.45. The third-order valence-electron chi connectivity index (χ3n) is 4.64. The maximum Gasteiger partial charge on any atom is 0.338 e. The van der Waals surface area contributed by atoms with E-state index >= 15 is 0 Å². The molecule has 188 valence electrons. The zero-order valence-corrected chi connectivity index (χ0v) is 19.9. The predicted octanol–water partition coefficient (Wildman–Crippen LogP) is -1.94. The van der Waals surface area contributed by atoms with E-state index in [1.165, 1.54) is 13.8 Å². The lowest BCUT2D eigenvalue weighted by Crippen LogP contribution is -2.68. The van der Waals surface area contributed by atoms with E-state index in [-0.39, 0.29) is 6.61 Å². The lowest BCUT2D eigenvalue weighted by Gasteiger charge is -2.44. The molecule has 2 saturated heterocycles. The third-order valence-corrected chi connectivity index (χ3v) is 6.44. The van der Waals surface area contributed by atoms with Crippen LogP contribution < -0.4 is 4.72 Å². The van der Waals surface area contributed by atoms with E-state index in [4.69, 9.17) is 22.6 Å². The number of ether oxygens (including phenoxy) is 3. The van der Waals surface area contributed by atoms with Crippen molar-refractivity contribution in [3.05, 3.63) is 35.9 Å². The molecule has 0 bridgehead atoms. The molecule has 17 heteroatoms. The molecular formula is C16H23NO13S3. The van der Waals surface area contributed by atoms with Gasteiger partial charge in [0.25, 0.3) is 22.0 Å². The number of benzene rings is 1. The van der Waals surface area contributed by atoms with Crippen molar-refractivity contribution >= 4 is 32.3 Å². The monoisotopic (exact) mass is 533 g/mol. The van der Waals surface area contributed by atoms with Gasteiger partial charge >= 0.3 is 10.3 Å². The van der Waals surface area contributed by atoms with Gasteiger partial charge in [-0.2, -0.15) is 13.1 Å². The van der Waals surface area contributed by atoms with Gasteiger partial charge in [-0.25, -0.2) is 16.8 Å². The number of thiol groups is 2. The van der Waals surface area contributed by atoms with Crippen LogP contribution in [0.1, 0.15) is 19.4 Å². The van der Waals surface area contributed by atoms with Gasteiger partial charge in [-0.3, -0.25) is 12.5 Å². The Labute approximate surface area is 193 Å². The highest BCUT2D eigenvalue weighted by atomic mass is 32.2. The smallest absolute Gasteiger partial charge is 0.338 e. The molecule has 2 aliphatic heterocycles. The summed E-state index contributed by atoms with van der Waals surface area (Å²) in [6.45, 7) is 1.75. The molecule has 0 spiro atoms. The molecule has 14 nitrogen and oxygen atoms in total. The lowest BCUT2D eigenvalue weighted by atomic mass is 9.96. The Morgan fingerprint density at radius 3 is 2.39 bits per heavy atom. The largest absolute Gasteiger partial charge is 0.372 e. The Bertz CT molecular complexity index is 1070. The first kappa shape index (κ1) is 26.4. The molecule has 1 aromatic carbocycles. The fourth-order valence-corrected chi connectivity index (χ4v) is 5.09. The Morgan fingerprint density at radius 2 is 1.79 bits per heavy atom. The molecular weight excluding hydrogens is 510 g/mol. The molecule has 1 unspecified atom stereocenters. The van der Waals surface area contributed by atoms with Crippen LogP contribution in [0.3, 0.4) is 0 Å². The van der Waals surface area contributed by atoms with Gasteiger partial charge in [-0.1, -0.05) is 30.3 Å². The summed E-state index contributed by atoms with van der Waals surface area (Å²) in [4.78, 5) is 0. The highest BCUT2D eigenvalue weighted by Gasteiger charge is 2.67. The SMILES string of the molecule is CC1(C)O[C@H]2[C@H](O[SH](=O)=O)[C@H](O[SH](=O)=O)CO[C@@]2(C(O)NS(=O)(=O)OCc2ccccc2)O1. The molecule has 2 N–H and O–H groups in total. The van der Waals surface area contributed by atoms with Gasteiger partial charge in [-0.05, 0) is 19.4 Å². The topological polar surface area (TPSA) is 190 Å². The van der Waals surface area contributed by atoms with Crippen molar-refractivity contribution in [3.63, 3.8) is 0 Å². The van der Waals surface area contributed by atoms with Gasteiger partial charge in [0.1, 0.15) is 18.3 Å². The van der Waals surface area contributed by atoms with Crippen LogP contribution in [0.15, 0.2) is 30.3 Å². The normalized spacial score (nSPS) is 30.4. The molecule has 2 aliphatic rings. The van der Waals surface area contributed by atoms with Crippen molar-refractivity contribution in [1.29, 1.82) is 0 Å². The molecule has 0 aromatic heterocycles. The van der Waals surface area contributed by atoms with Crippen LogP contribution in [0, 0.1) is 0 Å². The van der Waals surface area contributed by atoms with Gasteiger partial charge in [-0.15, -0.1) is 0 Å². The fraction of sp³-hybridized carbons (Fsp3) is 0.625. The summed E-state index contributed by atoms with van der Waals surface area (Å²) in [5, 5.41) is 10.8. The number of aliphatic hydroxyl groups is 1. The molecule has 0 radical (unpaired) electrons. The molecule has 1 aromatic rings. The van der Waals surface area contributed by atoms with E-state index in [9.17, 15) is 30.4 Å². The molecule has 0 amide bonds. The van der Waals surface area contributed by atoms with Gasteiger partial charge in [0, 0.05) is 0 Å². The Balaban J connectivity index is 1.85.